The van der Waals surface area contributed by atoms with E-state index in [0.717, 1.165) is 54.8 Å². The second-order valence-electron chi connectivity index (χ2n) is 7.52. The second-order valence-corrected chi connectivity index (χ2v) is 7.52. The first kappa shape index (κ1) is 12.6. The quantitative estimate of drug-likeness (QED) is 0.823. The highest BCUT2D eigenvalue weighted by molar-refractivity contribution is 5.16. The summed E-state index contributed by atoms with van der Waals surface area (Å²) in [6.45, 7) is 5.51. The largest absolute Gasteiger partial charge is 0.381 e. The van der Waals surface area contributed by atoms with Gasteiger partial charge in [0.1, 0.15) is 0 Å². The zero-order valence-electron chi connectivity index (χ0n) is 12.3. The summed E-state index contributed by atoms with van der Waals surface area (Å²) in [5.41, 5.74) is 0. The Labute approximate surface area is 117 Å². The minimum Gasteiger partial charge on any atom is -0.381 e. The second kappa shape index (κ2) is 5.04. The molecule has 0 aromatic rings. The summed E-state index contributed by atoms with van der Waals surface area (Å²) in [6, 6.07) is 0.777. The molecule has 2 nitrogen and oxygen atoms in total. The van der Waals surface area contributed by atoms with Gasteiger partial charge in [0.2, 0.25) is 0 Å². The molecule has 3 aliphatic carbocycles. The van der Waals surface area contributed by atoms with Gasteiger partial charge in [-0.15, -0.1) is 0 Å². The Morgan fingerprint density at radius 2 is 1.95 bits per heavy atom. The van der Waals surface area contributed by atoms with Gasteiger partial charge in [-0.3, -0.25) is 0 Å². The molecule has 0 amide bonds. The molecule has 4 rings (SSSR count). The molecular weight excluding hydrogens is 234 g/mol. The molecule has 0 aromatic heterocycles. The van der Waals surface area contributed by atoms with E-state index in [2.05, 4.69) is 12.2 Å². The molecule has 1 heterocycles. The number of nitrogens with one attached hydrogen (secondary N) is 1. The third-order valence-electron chi connectivity index (χ3n) is 6.54. The normalized spacial score (nSPS) is 49.1. The maximum absolute atomic E-state index is 5.77. The predicted octanol–water partition coefficient (Wildman–Crippen LogP) is 3.07. The van der Waals surface area contributed by atoms with Crippen LogP contribution in [0, 0.1) is 35.5 Å². The fourth-order valence-corrected chi connectivity index (χ4v) is 5.85. The zero-order chi connectivity index (χ0) is 12.8. The smallest absolute Gasteiger partial charge is 0.0509 e. The highest BCUT2D eigenvalue weighted by Crippen LogP contribution is 2.70. The van der Waals surface area contributed by atoms with Crippen LogP contribution < -0.4 is 5.32 Å². The highest BCUT2D eigenvalue weighted by atomic mass is 16.5. The van der Waals surface area contributed by atoms with Crippen molar-refractivity contribution in [2.45, 2.75) is 51.5 Å². The topological polar surface area (TPSA) is 21.3 Å². The Bertz CT molecular complexity index is 309. The van der Waals surface area contributed by atoms with Crippen LogP contribution in [0.3, 0.4) is 0 Å². The number of rotatable bonds is 5. The van der Waals surface area contributed by atoms with E-state index in [4.69, 9.17) is 4.74 Å². The molecule has 19 heavy (non-hydrogen) atoms. The van der Waals surface area contributed by atoms with Crippen molar-refractivity contribution in [3.8, 4) is 0 Å². The lowest BCUT2D eigenvalue weighted by Gasteiger charge is -2.33. The van der Waals surface area contributed by atoms with Crippen molar-refractivity contribution in [2.24, 2.45) is 35.5 Å². The minimum absolute atomic E-state index is 0.777. The Morgan fingerprint density at radius 1 is 1.16 bits per heavy atom. The van der Waals surface area contributed by atoms with Gasteiger partial charge in [0.15, 0.2) is 0 Å². The van der Waals surface area contributed by atoms with Crippen molar-refractivity contribution in [2.75, 3.05) is 19.8 Å². The molecule has 1 saturated heterocycles. The predicted molar refractivity (Wildman–Crippen MR) is 76.9 cm³/mol. The van der Waals surface area contributed by atoms with Crippen LogP contribution in [0.25, 0.3) is 0 Å². The van der Waals surface area contributed by atoms with E-state index in [1.54, 1.807) is 19.3 Å². The van der Waals surface area contributed by atoms with Gasteiger partial charge >= 0.3 is 0 Å². The number of fused-ring (bicyclic) bond motifs is 5. The minimum atomic E-state index is 0.777. The van der Waals surface area contributed by atoms with E-state index in [-0.39, 0.29) is 0 Å². The molecule has 2 bridgehead atoms. The van der Waals surface area contributed by atoms with Crippen molar-refractivity contribution < 1.29 is 4.74 Å². The number of hydrogen-bond donors (Lipinski definition) is 1. The van der Waals surface area contributed by atoms with Crippen molar-refractivity contribution >= 4 is 0 Å². The lowest BCUT2D eigenvalue weighted by Crippen LogP contribution is -2.43. The van der Waals surface area contributed by atoms with Crippen LogP contribution >= 0.6 is 0 Å². The maximum Gasteiger partial charge on any atom is 0.0509 e. The van der Waals surface area contributed by atoms with Crippen molar-refractivity contribution in [3.05, 3.63) is 0 Å². The highest BCUT2D eigenvalue weighted by Gasteiger charge is 2.67. The summed E-state index contributed by atoms with van der Waals surface area (Å²) in [7, 11) is 0. The molecule has 6 atom stereocenters. The van der Waals surface area contributed by atoms with Crippen molar-refractivity contribution in [1.29, 1.82) is 0 Å². The van der Waals surface area contributed by atoms with Gasteiger partial charge in [-0.05, 0) is 80.6 Å². The molecule has 6 unspecified atom stereocenters. The first-order valence-electron chi connectivity index (χ1n) is 8.71. The average Bonchev–Trinajstić information content (AvgIpc) is 2.88. The molecule has 2 heteroatoms. The third kappa shape index (κ3) is 2.06. The van der Waals surface area contributed by atoms with E-state index in [9.17, 15) is 0 Å². The van der Waals surface area contributed by atoms with Crippen LogP contribution in [0.15, 0.2) is 0 Å². The molecule has 0 radical (unpaired) electrons. The molecule has 108 valence electrons. The number of hydrogen-bond acceptors (Lipinski definition) is 2. The number of ether oxygens (including phenoxy) is 1. The SMILES string of the molecule is CCCNC(C1CCCOC1)C1C2C3CCC(C3)C21. The lowest BCUT2D eigenvalue weighted by atomic mass is 9.86. The Hall–Kier alpha value is -0.0800. The Morgan fingerprint density at radius 3 is 2.58 bits per heavy atom. The molecular formula is C17H29NO. The van der Waals surface area contributed by atoms with Gasteiger partial charge in [-0.25, -0.2) is 0 Å². The van der Waals surface area contributed by atoms with E-state index in [1.165, 1.54) is 25.8 Å². The Kier molecular flexibility index (Phi) is 3.35. The molecule has 4 aliphatic rings. The van der Waals surface area contributed by atoms with Gasteiger partial charge in [0, 0.05) is 12.6 Å². The molecule has 3 saturated carbocycles. The van der Waals surface area contributed by atoms with Crippen LogP contribution in [0.4, 0.5) is 0 Å². The van der Waals surface area contributed by atoms with Crippen molar-refractivity contribution in [1.82, 2.24) is 5.32 Å². The van der Waals surface area contributed by atoms with Gasteiger partial charge < -0.3 is 10.1 Å². The van der Waals surface area contributed by atoms with Crippen LogP contribution in [0.2, 0.25) is 0 Å². The first-order chi connectivity index (χ1) is 9.40. The summed E-state index contributed by atoms with van der Waals surface area (Å²) in [6.07, 6.45) is 8.61. The van der Waals surface area contributed by atoms with Crippen LogP contribution in [0.1, 0.15) is 45.4 Å². The summed E-state index contributed by atoms with van der Waals surface area (Å²) >= 11 is 0. The van der Waals surface area contributed by atoms with Gasteiger partial charge in [-0.2, -0.15) is 0 Å². The summed E-state index contributed by atoms with van der Waals surface area (Å²) < 4.78 is 5.77. The zero-order valence-corrected chi connectivity index (χ0v) is 12.3. The monoisotopic (exact) mass is 263 g/mol. The van der Waals surface area contributed by atoms with E-state index in [1.807, 2.05) is 0 Å². The summed E-state index contributed by atoms with van der Waals surface area (Å²) in [4.78, 5) is 0. The molecule has 0 aromatic carbocycles. The van der Waals surface area contributed by atoms with Crippen molar-refractivity contribution in [3.63, 3.8) is 0 Å². The third-order valence-corrected chi connectivity index (χ3v) is 6.54. The van der Waals surface area contributed by atoms with Gasteiger partial charge in [0.05, 0.1) is 6.61 Å². The van der Waals surface area contributed by atoms with Crippen LogP contribution in [-0.2, 0) is 4.74 Å². The van der Waals surface area contributed by atoms with Gasteiger partial charge in [-0.1, -0.05) is 6.92 Å². The van der Waals surface area contributed by atoms with E-state index < -0.39 is 0 Å². The molecule has 1 N–H and O–H groups in total. The fourth-order valence-electron chi connectivity index (χ4n) is 5.85. The molecule has 1 aliphatic heterocycles. The Balaban J connectivity index is 1.45. The first-order valence-corrected chi connectivity index (χ1v) is 8.71. The average molecular weight is 263 g/mol. The maximum atomic E-state index is 5.77. The van der Waals surface area contributed by atoms with Crippen LogP contribution in [0.5, 0.6) is 0 Å². The standard InChI is InChI=1S/C17H29NO/c1-2-7-18-17(13-4-3-8-19-10-13)16-14-11-5-6-12(9-11)15(14)16/h11-18H,2-10H2,1H3. The summed E-state index contributed by atoms with van der Waals surface area (Å²) in [5.74, 6) is 6.25. The lowest BCUT2D eigenvalue weighted by molar-refractivity contribution is 0.0326. The summed E-state index contributed by atoms with van der Waals surface area (Å²) in [5, 5.41) is 3.92. The van der Waals surface area contributed by atoms with Crippen LogP contribution in [-0.4, -0.2) is 25.8 Å². The fraction of sp³-hybridized carbons (Fsp3) is 1.00. The molecule has 4 fully saturated rings. The molecule has 0 spiro atoms. The van der Waals surface area contributed by atoms with E-state index in [0.29, 0.717) is 0 Å². The van der Waals surface area contributed by atoms with E-state index >= 15 is 0 Å². The van der Waals surface area contributed by atoms with Gasteiger partial charge in [0.25, 0.3) is 0 Å².